The second-order valence-electron chi connectivity index (χ2n) is 7.00. The van der Waals surface area contributed by atoms with Crippen LogP contribution in [0.2, 0.25) is 10.0 Å². The number of amides is 2. The summed E-state index contributed by atoms with van der Waals surface area (Å²) in [5, 5.41) is 1.54. The summed E-state index contributed by atoms with van der Waals surface area (Å²) < 4.78 is 6.85. The lowest BCUT2D eigenvalue weighted by atomic mass is 10.1. The van der Waals surface area contributed by atoms with Gasteiger partial charge in [-0.25, -0.2) is 0 Å². The number of rotatable bonds is 6. The molecule has 4 rings (SSSR count). The Morgan fingerprint density at radius 2 is 1.81 bits per heavy atom. The molecule has 0 spiro atoms. The van der Waals surface area contributed by atoms with Gasteiger partial charge in [-0.15, -0.1) is 0 Å². The Kier molecular flexibility index (Phi) is 6.60. The largest absolute Gasteiger partial charge is 0.465 e. The first-order valence-electron chi connectivity index (χ1n) is 9.80. The molecule has 3 aromatic rings. The SMILES string of the molecule is CCOC(=O)CN1C(=O)S/C(=C\c2cn(Cc3c(Cl)cccc3Cl)c3ccccc23)C1=O. The van der Waals surface area contributed by atoms with Gasteiger partial charge in [0.05, 0.1) is 18.1 Å². The van der Waals surface area contributed by atoms with E-state index in [1.807, 2.05) is 35.0 Å². The molecule has 164 valence electrons. The van der Waals surface area contributed by atoms with Gasteiger partial charge < -0.3 is 9.30 Å². The minimum atomic E-state index is -0.621. The number of hydrogen-bond acceptors (Lipinski definition) is 5. The molecule has 0 saturated carbocycles. The molecule has 2 amide bonds. The molecule has 0 aliphatic carbocycles. The molecule has 9 heteroatoms. The van der Waals surface area contributed by atoms with Crippen LogP contribution in [-0.2, 0) is 20.9 Å². The molecule has 6 nitrogen and oxygen atoms in total. The van der Waals surface area contributed by atoms with Gasteiger partial charge in [-0.05, 0) is 43.0 Å². The van der Waals surface area contributed by atoms with E-state index in [9.17, 15) is 14.4 Å². The number of esters is 1. The molecule has 1 fully saturated rings. The lowest BCUT2D eigenvalue weighted by Crippen LogP contribution is -2.34. The van der Waals surface area contributed by atoms with Crippen LogP contribution < -0.4 is 0 Å². The second-order valence-corrected chi connectivity index (χ2v) is 8.81. The van der Waals surface area contributed by atoms with Gasteiger partial charge in [-0.3, -0.25) is 19.3 Å². The third-order valence-corrected chi connectivity index (χ3v) is 6.58. The third-order valence-electron chi connectivity index (χ3n) is 4.96. The number of para-hydroxylation sites is 1. The maximum Gasteiger partial charge on any atom is 0.326 e. The van der Waals surface area contributed by atoms with Crippen molar-refractivity contribution in [1.29, 1.82) is 0 Å². The number of aromatic nitrogens is 1. The van der Waals surface area contributed by atoms with Crippen molar-refractivity contribution in [2.24, 2.45) is 0 Å². The van der Waals surface area contributed by atoms with E-state index in [0.717, 1.165) is 38.7 Å². The maximum absolute atomic E-state index is 12.7. The normalized spacial score (nSPS) is 15.2. The highest BCUT2D eigenvalue weighted by Gasteiger charge is 2.36. The summed E-state index contributed by atoms with van der Waals surface area (Å²) in [6.45, 7) is 1.89. The number of nitrogens with zero attached hydrogens (tertiary/aromatic N) is 2. The zero-order chi connectivity index (χ0) is 22.8. The molecule has 1 aliphatic rings. The molecule has 0 bridgehead atoms. The Morgan fingerprint density at radius 3 is 2.53 bits per heavy atom. The maximum atomic E-state index is 12.7. The average molecular weight is 489 g/mol. The molecule has 0 atom stereocenters. The highest BCUT2D eigenvalue weighted by molar-refractivity contribution is 8.18. The van der Waals surface area contributed by atoms with Gasteiger partial charge >= 0.3 is 5.97 Å². The Balaban J connectivity index is 1.69. The van der Waals surface area contributed by atoms with Crippen LogP contribution in [0.5, 0.6) is 0 Å². The Bertz CT molecular complexity index is 1250. The van der Waals surface area contributed by atoms with Crippen molar-refractivity contribution >= 4 is 69.1 Å². The van der Waals surface area contributed by atoms with Crippen molar-refractivity contribution in [3.63, 3.8) is 0 Å². The van der Waals surface area contributed by atoms with Crippen molar-refractivity contribution in [1.82, 2.24) is 9.47 Å². The van der Waals surface area contributed by atoms with Gasteiger partial charge in [0, 0.05) is 38.3 Å². The van der Waals surface area contributed by atoms with Crippen molar-refractivity contribution < 1.29 is 19.1 Å². The van der Waals surface area contributed by atoms with Crippen LogP contribution in [-0.4, -0.2) is 39.7 Å². The highest BCUT2D eigenvalue weighted by atomic mass is 35.5. The number of ether oxygens (including phenoxy) is 1. The van der Waals surface area contributed by atoms with Crippen LogP contribution in [0.15, 0.2) is 53.6 Å². The Labute approximate surface area is 198 Å². The minimum Gasteiger partial charge on any atom is -0.465 e. The number of fused-ring (bicyclic) bond motifs is 1. The first-order chi connectivity index (χ1) is 15.4. The number of halogens is 2. The molecule has 1 saturated heterocycles. The summed E-state index contributed by atoms with van der Waals surface area (Å²) in [6, 6.07) is 13.1. The Morgan fingerprint density at radius 1 is 1.09 bits per heavy atom. The van der Waals surface area contributed by atoms with Crippen LogP contribution in [0.3, 0.4) is 0 Å². The van der Waals surface area contributed by atoms with Crippen LogP contribution in [0.4, 0.5) is 4.79 Å². The summed E-state index contributed by atoms with van der Waals surface area (Å²) >= 11 is 13.5. The van der Waals surface area contributed by atoms with Crippen molar-refractivity contribution in [2.75, 3.05) is 13.2 Å². The quantitative estimate of drug-likeness (QED) is 0.333. The van der Waals surface area contributed by atoms with Gasteiger partial charge in [0.1, 0.15) is 6.54 Å². The van der Waals surface area contributed by atoms with Crippen molar-refractivity contribution in [2.45, 2.75) is 13.5 Å². The molecule has 32 heavy (non-hydrogen) atoms. The fraction of sp³-hybridized carbons (Fsp3) is 0.174. The zero-order valence-electron chi connectivity index (χ0n) is 17.0. The molecular formula is C23H18Cl2N2O4S. The van der Waals surface area contributed by atoms with Gasteiger partial charge in [-0.2, -0.15) is 0 Å². The third kappa shape index (κ3) is 4.41. The highest BCUT2D eigenvalue weighted by Crippen LogP contribution is 2.35. The lowest BCUT2D eigenvalue weighted by Gasteiger charge is -2.10. The molecule has 2 aromatic carbocycles. The summed E-state index contributed by atoms with van der Waals surface area (Å²) in [6.07, 6.45) is 3.56. The van der Waals surface area contributed by atoms with Gasteiger partial charge in [0.15, 0.2) is 0 Å². The van der Waals surface area contributed by atoms with Crippen LogP contribution >= 0.6 is 35.0 Å². The molecule has 2 heterocycles. The van der Waals surface area contributed by atoms with Crippen LogP contribution in [0.25, 0.3) is 17.0 Å². The van der Waals surface area contributed by atoms with Gasteiger partial charge in [0.2, 0.25) is 0 Å². The van der Waals surface area contributed by atoms with E-state index in [1.54, 1.807) is 31.2 Å². The van der Waals surface area contributed by atoms with Crippen LogP contribution in [0, 0.1) is 0 Å². The molecular weight excluding hydrogens is 471 g/mol. The molecule has 0 unspecified atom stereocenters. The first kappa shape index (κ1) is 22.5. The summed E-state index contributed by atoms with van der Waals surface area (Å²) in [7, 11) is 0. The fourth-order valence-electron chi connectivity index (χ4n) is 3.49. The lowest BCUT2D eigenvalue weighted by molar-refractivity contribution is -0.145. The van der Waals surface area contributed by atoms with E-state index in [0.29, 0.717) is 16.6 Å². The molecule has 1 aromatic heterocycles. The summed E-state index contributed by atoms with van der Waals surface area (Å²) in [4.78, 5) is 37.9. The van der Waals surface area contributed by atoms with Crippen molar-refractivity contribution in [3.8, 4) is 0 Å². The van der Waals surface area contributed by atoms with E-state index >= 15 is 0 Å². The zero-order valence-corrected chi connectivity index (χ0v) is 19.3. The van der Waals surface area contributed by atoms with Gasteiger partial charge in [-0.1, -0.05) is 47.5 Å². The number of thioether (sulfide) groups is 1. The molecule has 1 aliphatic heterocycles. The monoisotopic (exact) mass is 488 g/mol. The van der Waals surface area contributed by atoms with Gasteiger partial charge in [0.25, 0.3) is 11.1 Å². The standard InChI is InChI=1S/C23H18Cl2N2O4S/c1-2-31-21(28)13-27-22(29)20(32-23(27)30)10-14-11-26(19-9-4-3-6-15(14)19)12-16-17(24)7-5-8-18(16)25/h3-11H,2,12-13H2,1H3/b20-10-. The predicted octanol–water partition coefficient (Wildman–Crippen LogP) is 5.60. The topological polar surface area (TPSA) is 68.6 Å². The van der Waals surface area contributed by atoms with Crippen molar-refractivity contribution in [3.05, 3.63) is 74.7 Å². The Hall–Kier alpha value is -2.74. The first-order valence-corrected chi connectivity index (χ1v) is 11.4. The van der Waals surface area contributed by atoms with E-state index in [2.05, 4.69) is 0 Å². The number of imide groups is 1. The van der Waals surface area contributed by atoms with E-state index < -0.39 is 23.7 Å². The van der Waals surface area contributed by atoms with E-state index in [-0.39, 0.29) is 11.5 Å². The minimum absolute atomic E-state index is 0.180. The number of hydrogen-bond donors (Lipinski definition) is 0. The average Bonchev–Trinajstić information content (AvgIpc) is 3.23. The number of benzene rings is 2. The summed E-state index contributed by atoms with van der Waals surface area (Å²) in [5.41, 5.74) is 2.49. The fourth-order valence-corrected chi connectivity index (χ4v) is 4.83. The second kappa shape index (κ2) is 9.40. The molecule has 0 radical (unpaired) electrons. The number of carbonyl (C=O) groups is 3. The van der Waals surface area contributed by atoms with Crippen LogP contribution in [0.1, 0.15) is 18.1 Å². The van der Waals surface area contributed by atoms with E-state index in [4.69, 9.17) is 27.9 Å². The smallest absolute Gasteiger partial charge is 0.326 e. The molecule has 0 N–H and O–H groups in total. The number of carbonyl (C=O) groups excluding carboxylic acids is 3. The summed E-state index contributed by atoms with van der Waals surface area (Å²) in [5.74, 6) is -1.14. The van der Waals surface area contributed by atoms with E-state index in [1.165, 1.54) is 0 Å². The predicted molar refractivity (Wildman–Crippen MR) is 127 cm³/mol.